The maximum absolute atomic E-state index is 12.5. The molecule has 0 bridgehead atoms. The van der Waals surface area contributed by atoms with Gasteiger partial charge >= 0.3 is 0 Å². The molecule has 0 heterocycles. The van der Waals surface area contributed by atoms with E-state index < -0.39 is 5.41 Å². The zero-order chi connectivity index (χ0) is 14.6. The van der Waals surface area contributed by atoms with Crippen LogP contribution in [0.25, 0.3) is 0 Å². The van der Waals surface area contributed by atoms with Gasteiger partial charge in [0.05, 0.1) is 16.1 Å². The molecule has 1 aromatic carbocycles. The van der Waals surface area contributed by atoms with Crippen LogP contribution >= 0.6 is 23.2 Å². The number of nitrogens with zero attached hydrogens (tertiary/aromatic N) is 1. The molecule has 106 valence electrons. The highest BCUT2D eigenvalue weighted by molar-refractivity contribution is 6.42. The van der Waals surface area contributed by atoms with E-state index in [0.29, 0.717) is 28.6 Å². The van der Waals surface area contributed by atoms with E-state index in [4.69, 9.17) is 23.2 Å². The molecule has 1 saturated carbocycles. The third kappa shape index (κ3) is 3.26. The first kappa shape index (κ1) is 15.2. The van der Waals surface area contributed by atoms with E-state index in [1.807, 2.05) is 0 Å². The second-order valence-electron chi connectivity index (χ2n) is 5.19. The normalized spacial score (nSPS) is 17.9. The van der Waals surface area contributed by atoms with Gasteiger partial charge in [0.1, 0.15) is 5.41 Å². The van der Waals surface area contributed by atoms with Crippen LogP contribution in [-0.2, 0) is 4.79 Å². The Morgan fingerprint density at radius 3 is 2.35 bits per heavy atom. The first-order valence-electron chi connectivity index (χ1n) is 6.75. The third-order valence-corrected chi connectivity index (χ3v) is 4.52. The zero-order valence-electron chi connectivity index (χ0n) is 11.1. The van der Waals surface area contributed by atoms with E-state index in [9.17, 15) is 10.1 Å². The summed E-state index contributed by atoms with van der Waals surface area (Å²) in [5.41, 5.74) is -0.342. The lowest BCUT2D eigenvalue weighted by Crippen LogP contribution is -2.34. The van der Waals surface area contributed by atoms with Crippen LogP contribution in [0, 0.1) is 16.7 Å². The molecule has 0 radical (unpaired) electrons. The number of hydrogen-bond donors (Lipinski definition) is 1. The van der Waals surface area contributed by atoms with Gasteiger partial charge in [0, 0.05) is 5.69 Å². The SMILES string of the molecule is N#CC1(C(=O)Nc2ccc(Cl)c(Cl)c2)CCCCCC1. The van der Waals surface area contributed by atoms with Gasteiger partial charge in [0.15, 0.2) is 0 Å². The standard InChI is InChI=1S/C15H16Cl2N2O/c16-12-6-5-11(9-13(12)17)19-14(20)15(10-18)7-3-1-2-4-8-15/h5-6,9H,1-4,7-8H2,(H,19,20). The van der Waals surface area contributed by atoms with Crippen molar-refractivity contribution in [3.63, 3.8) is 0 Å². The molecule has 1 fully saturated rings. The molecule has 1 N–H and O–H groups in total. The second kappa shape index (κ2) is 6.47. The van der Waals surface area contributed by atoms with Crippen LogP contribution in [-0.4, -0.2) is 5.91 Å². The number of rotatable bonds is 2. The summed E-state index contributed by atoms with van der Waals surface area (Å²) in [6, 6.07) is 7.15. The quantitative estimate of drug-likeness (QED) is 0.798. The second-order valence-corrected chi connectivity index (χ2v) is 6.01. The summed E-state index contributed by atoms with van der Waals surface area (Å²) < 4.78 is 0. The maximum Gasteiger partial charge on any atom is 0.244 e. The highest BCUT2D eigenvalue weighted by atomic mass is 35.5. The molecule has 2 rings (SSSR count). The van der Waals surface area contributed by atoms with Crippen LogP contribution in [0.5, 0.6) is 0 Å². The minimum Gasteiger partial charge on any atom is -0.325 e. The molecule has 3 nitrogen and oxygen atoms in total. The molecule has 1 amide bonds. The molecule has 1 aromatic rings. The Hall–Kier alpha value is -1.24. The van der Waals surface area contributed by atoms with E-state index in [0.717, 1.165) is 25.7 Å². The van der Waals surface area contributed by atoms with E-state index >= 15 is 0 Å². The van der Waals surface area contributed by atoms with Crippen molar-refractivity contribution in [1.29, 1.82) is 5.26 Å². The van der Waals surface area contributed by atoms with Crippen molar-refractivity contribution in [2.45, 2.75) is 38.5 Å². The average Bonchev–Trinajstić information content (AvgIpc) is 2.69. The lowest BCUT2D eigenvalue weighted by Gasteiger charge is -2.23. The van der Waals surface area contributed by atoms with Crippen molar-refractivity contribution in [3.05, 3.63) is 28.2 Å². The Kier molecular flexibility index (Phi) is 4.91. The molecule has 1 aliphatic rings. The monoisotopic (exact) mass is 310 g/mol. The molecular formula is C15H16Cl2N2O. The lowest BCUT2D eigenvalue weighted by atomic mass is 9.81. The van der Waals surface area contributed by atoms with E-state index in [-0.39, 0.29) is 5.91 Å². The summed E-state index contributed by atoms with van der Waals surface area (Å²) in [7, 11) is 0. The number of amides is 1. The lowest BCUT2D eigenvalue weighted by molar-refractivity contribution is -0.123. The van der Waals surface area contributed by atoms with Crippen molar-refractivity contribution in [2.75, 3.05) is 5.32 Å². The maximum atomic E-state index is 12.5. The molecule has 0 aliphatic heterocycles. The summed E-state index contributed by atoms with van der Waals surface area (Å²) in [5, 5.41) is 13.1. The molecule has 5 heteroatoms. The minimum atomic E-state index is -0.914. The van der Waals surface area contributed by atoms with Crippen LogP contribution in [0.1, 0.15) is 38.5 Å². The van der Waals surface area contributed by atoms with E-state index in [2.05, 4.69) is 11.4 Å². The van der Waals surface area contributed by atoms with Crippen LogP contribution in [0.3, 0.4) is 0 Å². The van der Waals surface area contributed by atoms with Gasteiger partial charge in [-0.1, -0.05) is 48.9 Å². The number of nitrogens with one attached hydrogen (secondary N) is 1. The van der Waals surface area contributed by atoms with Gasteiger partial charge in [-0.05, 0) is 31.0 Å². The first-order chi connectivity index (χ1) is 9.57. The number of hydrogen-bond acceptors (Lipinski definition) is 2. The first-order valence-corrected chi connectivity index (χ1v) is 7.51. The highest BCUT2D eigenvalue weighted by Gasteiger charge is 2.38. The topological polar surface area (TPSA) is 52.9 Å². The number of halogens is 2. The van der Waals surface area contributed by atoms with Gasteiger partial charge < -0.3 is 5.32 Å². The fraction of sp³-hybridized carbons (Fsp3) is 0.467. The number of benzene rings is 1. The predicted molar refractivity (Wildman–Crippen MR) is 80.8 cm³/mol. The highest BCUT2D eigenvalue weighted by Crippen LogP contribution is 2.36. The number of carbonyl (C=O) groups is 1. The molecule has 0 aromatic heterocycles. The Balaban J connectivity index is 2.16. The van der Waals surface area contributed by atoms with Crippen molar-refractivity contribution in [1.82, 2.24) is 0 Å². The fourth-order valence-corrected chi connectivity index (χ4v) is 2.84. The van der Waals surface area contributed by atoms with E-state index in [1.165, 1.54) is 0 Å². The molecule has 0 spiro atoms. The number of carbonyl (C=O) groups excluding carboxylic acids is 1. The van der Waals surface area contributed by atoms with Gasteiger partial charge in [-0.2, -0.15) is 5.26 Å². The van der Waals surface area contributed by atoms with Crippen LogP contribution in [0.4, 0.5) is 5.69 Å². The molecule has 0 unspecified atom stereocenters. The minimum absolute atomic E-state index is 0.236. The van der Waals surface area contributed by atoms with Crippen LogP contribution in [0.15, 0.2) is 18.2 Å². The largest absolute Gasteiger partial charge is 0.325 e. The van der Waals surface area contributed by atoms with Crippen LogP contribution < -0.4 is 5.32 Å². The summed E-state index contributed by atoms with van der Waals surface area (Å²) in [6.07, 6.45) is 5.25. The number of anilines is 1. The predicted octanol–water partition coefficient (Wildman–Crippen LogP) is 4.80. The van der Waals surface area contributed by atoms with Crippen molar-refractivity contribution < 1.29 is 4.79 Å². The van der Waals surface area contributed by atoms with Gasteiger partial charge in [-0.25, -0.2) is 0 Å². The smallest absolute Gasteiger partial charge is 0.244 e. The van der Waals surface area contributed by atoms with Crippen molar-refractivity contribution in [3.8, 4) is 6.07 Å². The molecule has 1 aliphatic carbocycles. The average molecular weight is 311 g/mol. The Labute approximate surface area is 128 Å². The Bertz CT molecular complexity index is 543. The number of nitriles is 1. The molecule has 0 atom stereocenters. The summed E-state index contributed by atoms with van der Waals surface area (Å²) in [6.45, 7) is 0. The van der Waals surface area contributed by atoms with Gasteiger partial charge in [0.2, 0.25) is 5.91 Å². The van der Waals surface area contributed by atoms with Gasteiger partial charge in [-0.3, -0.25) is 4.79 Å². The summed E-state index contributed by atoms with van der Waals surface area (Å²) in [5.74, 6) is -0.236. The molecule has 0 saturated heterocycles. The van der Waals surface area contributed by atoms with Gasteiger partial charge in [0.25, 0.3) is 0 Å². The summed E-state index contributed by atoms with van der Waals surface area (Å²) >= 11 is 11.8. The van der Waals surface area contributed by atoms with Gasteiger partial charge in [-0.15, -0.1) is 0 Å². The Morgan fingerprint density at radius 1 is 1.15 bits per heavy atom. The van der Waals surface area contributed by atoms with Crippen LogP contribution in [0.2, 0.25) is 10.0 Å². The molecular weight excluding hydrogens is 295 g/mol. The third-order valence-electron chi connectivity index (χ3n) is 3.78. The Morgan fingerprint density at radius 2 is 1.80 bits per heavy atom. The fourth-order valence-electron chi connectivity index (χ4n) is 2.55. The zero-order valence-corrected chi connectivity index (χ0v) is 12.6. The van der Waals surface area contributed by atoms with Crippen molar-refractivity contribution >= 4 is 34.8 Å². The van der Waals surface area contributed by atoms with E-state index in [1.54, 1.807) is 18.2 Å². The molecule has 20 heavy (non-hydrogen) atoms. The summed E-state index contributed by atoms with van der Waals surface area (Å²) in [4.78, 5) is 12.5. The van der Waals surface area contributed by atoms with Crippen molar-refractivity contribution in [2.24, 2.45) is 5.41 Å².